The van der Waals surface area contributed by atoms with E-state index in [1.54, 1.807) is 105 Å². The van der Waals surface area contributed by atoms with Crippen molar-refractivity contribution in [3.05, 3.63) is 276 Å². The summed E-state index contributed by atoms with van der Waals surface area (Å²) < 4.78 is 67.9. The molecule has 119 heavy (non-hydrogen) atoms. The number of rotatable bonds is 4. The number of fused-ring (bicyclic) bond motifs is 10. The predicted octanol–water partition coefficient (Wildman–Crippen LogP) is 30.8. The third-order valence-electron chi connectivity index (χ3n) is 15.0. The summed E-state index contributed by atoms with van der Waals surface area (Å²) in [6, 6.07) is 58.6. The molecule has 0 aliphatic carbocycles. The zero-order chi connectivity index (χ0) is 85.6. The fraction of sp³-hybridized carbons (Fsp3) is 0.0400. The Morgan fingerprint density at radius 2 is 0.723 bits per heavy atom. The first-order chi connectivity index (χ1) is 56.9. The molecule has 0 radical (unpaired) electrons. The molecule has 10 aromatic carbocycles. The molecule has 0 aliphatic rings. The number of halogens is 3. The molecule has 0 aliphatic heterocycles. The van der Waals surface area contributed by atoms with Gasteiger partial charge in [0, 0.05) is 39.3 Å². The van der Waals surface area contributed by atoms with Gasteiger partial charge in [0.2, 0.25) is 0 Å². The molecule has 0 atom stereocenters. The summed E-state index contributed by atoms with van der Waals surface area (Å²) >= 11 is 74.4. The number of hydrogen-bond acceptors (Lipinski definition) is 28. The highest BCUT2D eigenvalue weighted by Crippen LogP contribution is 2.31. The molecule has 20 aromatic rings. The highest BCUT2D eigenvalue weighted by atomic mass is 79.9. The van der Waals surface area contributed by atoms with Crippen LogP contribution in [0.3, 0.4) is 0 Å². The van der Waals surface area contributed by atoms with Crippen LogP contribution in [0.4, 0.5) is 15.8 Å². The Hall–Kier alpha value is -8.22. The van der Waals surface area contributed by atoms with Crippen LogP contribution in [0.25, 0.3) is 107 Å². The van der Waals surface area contributed by atoms with Crippen LogP contribution in [0.1, 0.15) is 11.1 Å². The number of aryl methyl sites for hydroxylation is 2. The van der Waals surface area contributed by atoms with E-state index in [9.17, 15) is 19.3 Å². The van der Waals surface area contributed by atoms with Crippen LogP contribution in [-0.2, 0) is 15.4 Å². The van der Waals surface area contributed by atoms with Crippen molar-refractivity contribution in [2.75, 3.05) is 7.11 Å². The molecule has 10 N–H and O–H groups in total. The van der Waals surface area contributed by atoms with Gasteiger partial charge in [-0.05, 0) is 275 Å². The standard InChI is InChI=1S/C8H4N2S2.C8H5NO2S2.C8H7NOS2.2C8H7NS2.C7H4BrNS2.C7H4ClNS2.C7H4FNS2.C7H4N2O2S2.C7H5NS2.O3S/c1-9-5-2-3-7-6(4-5)10-8(11)12-7;10-4-11-5-1-2-7-6(3-5)9-8(12)13-7;1-10-5-2-3-7-6(4-5)9-8(11)12-7;2*1-5-2-3-7-6(4-5)9-8(10)11-7;3*8-4-1-2-6-5(3-4)9-7(10)11-6;10-9(11)4-1-2-6-5(3-4)8-7(12)13-6;9-7-8-5-3-1-2-4-6(5)10-7;1-4(2)3/h2-4H,(H,10,11);1-4H,(H,9,12);2-4H,1H3,(H,9,11);2*2-4H,1H3,(H,9,10);3*1-3H,(H,9,10);1-3H,(H,8,12);1-4H,(H,8,9);. The molecule has 10 aromatic heterocycles. The number of aromatic nitrogens is 10. The zero-order valence-electron chi connectivity index (χ0n) is 60.3. The number of nitro benzene ring substituents is 1. The van der Waals surface area contributed by atoms with E-state index in [2.05, 4.69) is 133 Å². The van der Waals surface area contributed by atoms with Crippen molar-refractivity contribution >= 4 is 394 Å². The molecule has 20 rings (SSSR count). The summed E-state index contributed by atoms with van der Waals surface area (Å²) in [5, 5.41) is 11.2. The second-order valence-corrected chi connectivity index (χ2v) is 42.2. The van der Waals surface area contributed by atoms with Gasteiger partial charge in [-0.3, -0.25) is 14.9 Å². The molecule has 0 spiro atoms. The van der Waals surface area contributed by atoms with Gasteiger partial charge < -0.3 is 59.3 Å². The van der Waals surface area contributed by atoms with Crippen LogP contribution in [0.5, 0.6) is 11.5 Å². The van der Waals surface area contributed by atoms with E-state index in [0.717, 1.165) is 126 Å². The van der Waals surface area contributed by atoms with Crippen molar-refractivity contribution < 1.29 is 36.2 Å². The lowest BCUT2D eigenvalue weighted by Crippen LogP contribution is -1.87. The van der Waals surface area contributed by atoms with Gasteiger partial charge in [0.15, 0.2) is 45.2 Å². The van der Waals surface area contributed by atoms with Crippen molar-refractivity contribution in [3.63, 3.8) is 0 Å². The van der Waals surface area contributed by atoms with Gasteiger partial charge in [-0.25, -0.2) is 9.24 Å². The maximum absolute atomic E-state index is 12.6. The molecule has 0 amide bonds. The number of carbonyl (C=O) groups excluding carboxylic acids is 1. The molecule has 0 saturated heterocycles. The van der Waals surface area contributed by atoms with Gasteiger partial charge in [-0.2, -0.15) is 0 Å². The molecule has 606 valence electrons. The van der Waals surface area contributed by atoms with Crippen LogP contribution in [0.2, 0.25) is 5.02 Å². The number of benzene rings is 10. The molecule has 44 heteroatoms. The second-order valence-electron chi connectivity index (χ2n) is 23.2. The normalized spacial score (nSPS) is 10.3. The van der Waals surface area contributed by atoms with E-state index in [1.807, 2.05) is 84.9 Å². The van der Waals surface area contributed by atoms with Crippen LogP contribution in [0, 0.1) is 75.9 Å². The Bertz CT molecular complexity index is 7310. The van der Waals surface area contributed by atoms with Gasteiger partial charge in [0.25, 0.3) is 12.2 Å². The number of non-ortho nitro benzene ring substituents is 1. The first-order valence-corrected chi connectivity index (χ1v) is 47.4. The van der Waals surface area contributed by atoms with Gasteiger partial charge in [0.05, 0.1) is 115 Å². The van der Waals surface area contributed by atoms with E-state index >= 15 is 0 Å². The SMILES string of the molecule is COc1ccc2sc(=S)[nH]c2c1.Cc1ccc2sc(=S)[nH]c2c1.Cc1ccc2sc(=S)[nH]c2c1.Fc1ccc2sc(=S)[nH]c2c1.O=COc1ccc2sc(=S)[nH]c2c1.O=S(=O)=O.O=[N+]([O-])c1ccc2sc(=S)[nH]c2c1.S=c1[nH]c2cc(Br)ccc2s1.S=c1[nH]c2cc(Cl)ccc2s1.S=c1[nH]c2ccccc2s1.[C-]#[N+]c1ccc2sc(=S)[nH]c2c1. The quantitative estimate of drug-likeness (QED) is 0.0258. The molecule has 0 fully saturated rings. The van der Waals surface area contributed by atoms with Gasteiger partial charge in [-0.15, -0.1) is 126 Å². The zero-order valence-corrected chi connectivity index (χ0v) is 79.8. The van der Waals surface area contributed by atoms with Gasteiger partial charge in [-0.1, -0.05) is 63.9 Å². The van der Waals surface area contributed by atoms with Crippen molar-refractivity contribution in [3.8, 4) is 11.5 Å². The number of ether oxygens (including phenoxy) is 2. The molecular weight excluding hydrogens is 2000 g/mol. The Balaban J connectivity index is 0.000000138. The minimum absolute atomic E-state index is 0.0801. The highest BCUT2D eigenvalue weighted by Gasteiger charge is 2.08. The number of nitrogens with one attached hydrogen (secondary N) is 10. The fourth-order valence-corrected chi connectivity index (χ4v) is 21.5. The number of para-hydroxylation sites is 1. The minimum Gasteiger partial charge on any atom is -0.497 e. The summed E-state index contributed by atoms with van der Waals surface area (Å²) in [7, 11) is -1.46. The molecular formula is C75H51BrClFN12O8S21. The summed E-state index contributed by atoms with van der Waals surface area (Å²) in [6.07, 6.45) is 0. The monoisotopic (exact) mass is 2050 g/mol. The first kappa shape index (κ1) is 93.1. The number of H-pyrrole nitrogens is 10. The highest BCUT2D eigenvalue weighted by molar-refractivity contribution is 9.10. The molecule has 10 heterocycles. The number of carbonyl (C=O) groups is 1. The van der Waals surface area contributed by atoms with Crippen molar-refractivity contribution in [2.45, 2.75) is 13.8 Å². The van der Waals surface area contributed by atoms with E-state index in [0.29, 0.717) is 25.8 Å². The number of nitro groups is 1. The lowest BCUT2D eigenvalue weighted by Gasteiger charge is -1.96. The average Bonchev–Trinajstić information content (AvgIpc) is 1.68. The third-order valence-corrected chi connectivity index (χ3v) is 27.8. The van der Waals surface area contributed by atoms with E-state index in [1.165, 1.54) is 104 Å². The number of nitrogens with zero attached hydrogens (tertiary/aromatic N) is 2. The second kappa shape index (κ2) is 45.1. The van der Waals surface area contributed by atoms with Crippen molar-refractivity contribution in [2.24, 2.45) is 0 Å². The minimum atomic E-state index is -3.11. The van der Waals surface area contributed by atoms with Crippen LogP contribution >= 0.6 is 263 Å². The Kier molecular flexibility index (Phi) is 35.2. The Morgan fingerprint density at radius 1 is 0.412 bits per heavy atom. The molecule has 20 nitrogen and oxygen atoms in total. The van der Waals surface area contributed by atoms with Crippen LogP contribution < -0.4 is 9.47 Å². The maximum Gasteiger partial charge on any atom is 0.425 e. The van der Waals surface area contributed by atoms with E-state index < -0.39 is 15.5 Å². The van der Waals surface area contributed by atoms with Crippen molar-refractivity contribution in [1.29, 1.82) is 0 Å². The first-order valence-electron chi connectivity index (χ1n) is 33.0. The molecule has 0 saturated carbocycles. The largest absolute Gasteiger partial charge is 0.497 e. The fourth-order valence-electron chi connectivity index (χ4n) is 9.98. The topological polar surface area (TPSA) is 292 Å². The van der Waals surface area contributed by atoms with E-state index in [4.69, 9.17) is 162 Å². The number of hydrogen-bond donors (Lipinski definition) is 10. The Morgan fingerprint density at radius 3 is 1.13 bits per heavy atom. The average molecular weight is 2060 g/mol. The third kappa shape index (κ3) is 28.7. The number of methoxy groups -OCH3 is 1. The molecule has 0 unspecified atom stereocenters. The summed E-state index contributed by atoms with van der Waals surface area (Å²) in [5.74, 6) is 1.14. The number of aromatic amines is 10. The Labute approximate surface area is 778 Å². The smallest absolute Gasteiger partial charge is 0.425 e. The number of thiazole rings is 10. The summed E-state index contributed by atoms with van der Waals surface area (Å²) in [5.41, 5.74) is 13.2. The predicted molar refractivity (Wildman–Crippen MR) is 528 cm³/mol. The lowest BCUT2D eigenvalue weighted by atomic mass is 10.2. The van der Waals surface area contributed by atoms with Crippen LogP contribution in [0.15, 0.2) is 193 Å². The van der Waals surface area contributed by atoms with Gasteiger partial charge in [0.1, 0.15) is 17.3 Å². The summed E-state index contributed by atoms with van der Waals surface area (Å²) in [4.78, 5) is 53.8. The molecule has 0 bridgehead atoms. The lowest BCUT2D eigenvalue weighted by molar-refractivity contribution is -0.384. The summed E-state index contributed by atoms with van der Waals surface area (Å²) in [6.45, 7) is 11.4. The van der Waals surface area contributed by atoms with Crippen molar-refractivity contribution in [1.82, 2.24) is 49.8 Å². The van der Waals surface area contributed by atoms with Gasteiger partial charge >= 0.3 is 10.6 Å². The van der Waals surface area contributed by atoms with E-state index in [-0.39, 0.29) is 11.5 Å². The van der Waals surface area contributed by atoms with Crippen LogP contribution in [-0.4, -0.2) is 81.0 Å². The maximum atomic E-state index is 12.6.